The molecule has 1 aliphatic heterocycles. The smallest absolute Gasteiger partial charge is 0.322 e. The van der Waals surface area contributed by atoms with Crippen molar-refractivity contribution < 1.29 is 73.5 Å². The van der Waals surface area contributed by atoms with Crippen LogP contribution in [0.4, 0.5) is 0 Å². The fraction of sp³-hybridized carbons (Fsp3) is 0.590. The number of amides is 8. The Morgan fingerprint density at radius 1 is 0.698 bits per heavy atom. The number of aliphatic hydroxyl groups is 2. The lowest BCUT2D eigenvalue weighted by Crippen LogP contribution is -2.62. The molecule has 63 heavy (non-hydrogen) atoms. The van der Waals surface area contributed by atoms with Crippen LogP contribution in [0.15, 0.2) is 24.3 Å². The van der Waals surface area contributed by atoms with E-state index in [9.17, 15) is 68.4 Å². The second-order valence-electron chi connectivity index (χ2n) is 15.6. The van der Waals surface area contributed by atoms with Gasteiger partial charge in [-0.15, -0.1) is 0 Å². The number of nitrogens with one attached hydrogen (secondary N) is 7. The number of nitrogens with zero attached hydrogens (tertiary/aromatic N) is 1. The van der Waals surface area contributed by atoms with Crippen molar-refractivity contribution in [2.45, 2.75) is 109 Å². The quantitative estimate of drug-likeness (QED) is 0.0463. The molecule has 0 radical (unpaired) electrons. The van der Waals surface area contributed by atoms with Crippen LogP contribution in [0.5, 0.6) is 5.75 Å². The molecule has 0 aliphatic carbocycles. The van der Waals surface area contributed by atoms with Crippen LogP contribution < -0.4 is 43.0 Å². The van der Waals surface area contributed by atoms with Crippen molar-refractivity contribution >= 4 is 59.2 Å². The average Bonchev–Trinajstić information content (AvgIpc) is 3.71. The molecule has 24 nitrogen and oxygen atoms in total. The van der Waals surface area contributed by atoms with E-state index < -0.39 is 140 Å². The third kappa shape index (κ3) is 16.8. The van der Waals surface area contributed by atoms with Crippen LogP contribution in [0, 0.1) is 11.8 Å². The monoisotopic (exact) mass is 893 g/mol. The van der Waals surface area contributed by atoms with E-state index in [0.717, 1.165) is 6.92 Å². The maximum atomic E-state index is 13.6. The number of hydrogen-bond acceptors (Lipinski definition) is 14. The first-order valence-corrected chi connectivity index (χ1v) is 20.1. The largest absolute Gasteiger partial charge is 0.508 e. The van der Waals surface area contributed by atoms with Gasteiger partial charge in [-0.05, 0) is 49.3 Å². The van der Waals surface area contributed by atoms with Gasteiger partial charge in [-0.1, -0.05) is 39.8 Å². The van der Waals surface area contributed by atoms with Crippen molar-refractivity contribution in [3.8, 4) is 5.75 Å². The molecule has 2 rings (SSSR count). The van der Waals surface area contributed by atoms with Gasteiger partial charge in [0.1, 0.15) is 48.5 Å². The predicted octanol–water partition coefficient (Wildman–Crippen LogP) is -4.85. The number of aliphatic carboxylic acids is 2. The molecular weight excluding hydrogens is 834 g/mol. The molecule has 0 spiro atoms. The Balaban J connectivity index is 2.24. The molecule has 1 fully saturated rings. The molecule has 0 unspecified atom stereocenters. The van der Waals surface area contributed by atoms with E-state index in [-0.39, 0.29) is 31.1 Å². The van der Waals surface area contributed by atoms with Crippen molar-refractivity contribution in [1.82, 2.24) is 42.1 Å². The van der Waals surface area contributed by atoms with E-state index >= 15 is 0 Å². The highest BCUT2D eigenvalue weighted by molar-refractivity contribution is 5.98. The third-order valence-electron chi connectivity index (χ3n) is 9.84. The second-order valence-corrected chi connectivity index (χ2v) is 15.6. The zero-order valence-electron chi connectivity index (χ0n) is 35.6. The van der Waals surface area contributed by atoms with E-state index in [1.807, 2.05) is 0 Å². The molecule has 350 valence electrons. The number of phenols is 1. The third-order valence-corrected chi connectivity index (χ3v) is 9.84. The number of nitrogens with two attached hydrogens (primary N) is 1. The summed E-state index contributed by atoms with van der Waals surface area (Å²) in [6, 6.07) is -4.89. The Hall–Kier alpha value is -6.40. The molecule has 0 aromatic heterocycles. The summed E-state index contributed by atoms with van der Waals surface area (Å²) >= 11 is 0. The van der Waals surface area contributed by atoms with Gasteiger partial charge in [0.05, 0.1) is 31.7 Å². The molecule has 8 atom stereocenters. The Kier molecular flexibility index (Phi) is 20.8. The van der Waals surface area contributed by atoms with Crippen molar-refractivity contribution in [1.29, 1.82) is 0 Å². The zero-order valence-corrected chi connectivity index (χ0v) is 35.6. The normalized spacial score (nSPS) is 16.9. The number of carbonyl (C=O) groups is 10. The van der Waals surface area contributed by atoms with Gasteiger partial charge in [-0.2, -0.15) is 0 Å². The summed E-state index contributed by atoms with van der Waals surface area (Å²) < 4.78 is 0. The molecule has 24 heteroatoms. The first-order chi connectivity index (χ1) is 29.5. The second kappa shape index (κ2) is 24.9. The van der Waals surface area contributed by atoms with Gasteiger partial charge in [-0.3, -0.25) is 47.9 Å². The molecule has 14 N–H and O–H groups in total. The standard InChI is InChI=1S/C39H59N9O15/c1-18(2)30(40)39(63)48-12-6-7-26(48)36(60)45-25(17-49)35(59)47-32(20(5)50)38(62)44-24(14-28(53)54)34(58)43-23(13-21-8-10-22(51)11-9-21)33(57)41-15-27(52)46-31(19(3)4)37(61)42-16-29(55)56/h8-11,18-20,23-26,30-32,49-51H,6-7,12-17,40H2,1-5H3,(H,41,57)(H,42,61)(H,43,58)(H,44,62)(H,45,60)(H,46,52)(H,47,59)(H,53,54)(H,55,56)/t20-,23+,24+,25+,26+,30+,31+,32+/m1/s1. The van der Waals surface area contributed by atoms with Gasteiger partial charge in [0.15, 0.2) is 0 Å². The molecular formula is C39H59N9O15. The molecule has 1 aromatic carbocycles. The van der Waals surface area contributed by atoms with Crippen LogP contribution in [0.25, 0.3) is 0 Å². The fourth-order valence-corrected chi connectivity index (χ4v) is 6.22. The molecule has 0 bridgehead atoms. The number of benzene rings is 1. The Labute approximate surface area is 362 Å². The fourth-order valence-electron chi connectivity index (χ4n) is 6.22. The van der Waals surface area contributed by atoms with Crippen molar-refractivity contribution in [2.24, 2.45) is 17.6 Å². The number of aliphatic hydroxyl groups excluding tert-OH is 2. The van der Waals surface area contributed by atoms with Crippen molar-refractivity contribution in [3.63, 3.8) is 0 Å². The summed E-state index contributed by atoms with van der Waals surface area (Å²) in [7, 11) is 0. The van der Waals surface area contributed by atoms with Gasteiger partial charge in [0, 0.05) is 13.0 Å². The van der Waals surface area contributed by atoms with Crippen molar-refractivity contribution in [3.05, 3.63) is 29.8 Å². The van der Waals surface area contributed by atoms with Gasteiger partial charge in [0.2, 0.25) is 47.3 Å². The van der Waals surface area contributed by atoms with E-state index in [2.05, 4.69) is 37.2 Å². The first-order valence-electron chi connectivity index (χ1n) is 20.1. The lowest BCUT2D eigenvalue weighted by Gasteiger charge is -2.29. The van der Waals surface area contributed by atoms with E-state index in [1.165, 1.54) is 29.2 Å². The highest BCUT2D eigenvalue weighted by atomic mass is 16.4. The first kappa shape index (κ1) is 52.7. The van der Waals surface area contributed by atoms with E-state index in [0.29, 0.717) is 12.0 Å². The topological polar surface area (TPSA) is 385 Å². The number of phenolic OH excluding ortho intramolecular Hbond substituents is 1. The van der Waals surface area contributed by atoms with Gasteiger partial charge >= 0.3 is 11.9 Å². The van der Waals surface area contributed by atoms with Crippen LogP contribution in [0.1, 0.15) is 59.4 Å². The predicted molar refractivity (Wildman–Crippen MR) is 219 cm³/mol. The van der Waals surface area contributed by atoms with Crippen LogP contribution in [0.3, 0.4) is 0 Å². The summed E-state index contributed by atoms with van der Waals surface area (Å²) in [5.74, 6) is -11.5. The average molecular weight is 894 g/mol. The number of carboxylic acid groups (broad SMARTS) is 2. The van der Waals surface area contributed by atoms with Gasteiger partial charge in [-0.25, -0.2) is 0 Å². The lowest BCUT2D eigenvalue weighted by molar-refractivity contribution is -0.142. The molecule has 8 amide bonds. The van der Waals surface area contributed by atoms with Gasteiger partial charge in [0.25, 0.3) is 0 Å². The Bertz CT molecular complexity index is 1830. The Morgan fingerprint density at radius 3 is 1.83 bits per heavy atom. The lowest BCUT2D eigenvalue weighted by atomic mass is 10.0. The number of carbonyl (C=O) groups excluding carboxylic acids is 8. The van der Waals surface area contributed by atoms with Crippen molar-refractivity contribution in [2.75, 3.05) is 26.2 Å². The SMILES string of the molecule is CC(C)[C@H](N)C(=O)N1CCC[C@H]1C(=O)N[C@@H](CO)C(=O)N[C@H](C(=O)N[C@@H](CC(=O)O)C(=O)N[C@@H](Cc1ccc(O)cc1)C(=O)NCC(=O)N[C@H](C(=O)NCC(=O)O)C(C)C)[C@@H](C)O. The molecule has 1 aliphatic rings. The van der Waals surface area contributed by atoms with E-state index in [1.54, 1.807) is 27.7 Å². The number of hydrogen-bond donors (Lipinski definition) is 13. The summed E-state index contributed by atoms with van der Waals surface area (Å²) in [6.07, 6.45) is -2.41. The molecule has 1 aromatic rings. The summed E-state index contributed by atoms with van der Waals surface area (Å²) in [4.78, 5) is 129. The maximum absolute atomic E-state index is 13.6. The van der Waals surface area contributed by atoms with Crippen LogP contribution in [-0.4, -0.2) is 164 Å². The molecule has 0 saturated carbocycles. The summed E-state index contributed by atoms with van der Waals surface area (Å²) in [6.45, 7) is 5.45. The summed E-state index contributed by atoms with van der Waals surface area (Å²) in [5, 5.41) is 64.5. The van der Waals surface area contributed by atoms with Crippen LogP contribution in [0.2, 0.25) is 0 Å². The summed E-state index contributed by atoms with van der Waals surface area (Å²) in [5.41, 5.74) is 6.36. The number of likely N-dealkylation sites (tertiary alicyclic amines) is 1. The molecule has 1 saturated heterocycles. The molecule has 1 heterocycles. The highest BCUT2D eigenvalue weighted by Crippen LogP contribution is 2.20. The minimum Gasteiger partial charge on any atom is -0.508 e. The number of rotatable bonds is 24. The zero-order chi connectivity index (χ0) is 47.7. The van der Waals surface area contributed by atoms with E-state index in [4.69, 9.17) is 10.8 Å². The maximum Gasteiger partial charge on any atom is 0.322 e. The number of aromatic hydroxyl groups is 1. The van der Waals surface area contributed by atoms with Crippen LogP contribution in [-0.2, 0) is 54.4 Å². The minimum atomic E-state index is -1.96. The van der Waals surface area contributed by atoms with Gasteiger partial charge < -0.3 is 73.4 Å². The minimum absolute atomic E-state index is 0.136. The number of carboxylic acids is 2. The van der Waals surface area contributed by atoms with Crippen LogP contribution >= 0.6 is 0 Å². The highest BCUT2D eigenvalue weighted by Gasteiger charge is 2.39. The Morgan fingerprint density at radius 2 is 1.29 bits per heavy atom.